The first kappa shape index (κ1) is 14.5. The minimum absolute atomic E-state index is 0.151. The van der Waals surface area contributed by atoms with Gasteiger partial charge in [0.1, 0.15) is 5.82 Å². The van der Waals surface area contributed by atoms with Crippen molar-refractivity contribution >= 4 is 33.9 Å². The fourth-order valence-electron chi connectivity index (χ4n) is 2.38. The predicted octanol–water partition coefficient (Wildman–Crippen LogP) is 2.51. The van der Waals surface area contributed by atoms with Gasteiger partial charge < -0.3 is 9.80 Å². The fourth-order valence-corrected chi connectivity index (χ4v) is 3.88. The first-order valence-electron chi connectivity index (χ1n) is 7.18. The zero-order valence-electron chi connectivity index (χ0n) is 12.0. The number of carbonyl (C=O) groups excluding carboxylic acids is 1. The van der Waals surface area contributed by atoms with E-state index in [0.29, 0.717) is 0 Å². The van der Waals surface area contributed by atoms with E-state index in [1.165, 1.54) is 22.9 Å². The van der Waals surface area contributed by atoms with Crippen LogP contribution in [0.2, 0.25) is 0 Å². The number of hydrogen-bond donors (Lipinski definition) is 0. The molecule has 1 aliphatic heterocycles. The molecule has 1 saturated heterocycles. The van der Waals surface area contributed by atoms with Crippen LogP contribution in [0.1, 0.15) is 28.8 Å². The summed E-state index contributed by atoms with van der Waals surface area (Å²) in [5.74, 6) is 1.06. The molecule has 2 aromatic heterocycles. The summed E-state index contributed by atoms with van der Waals surface area (Å²) in [6.45, 7) is 5.39. The predicted molar refractivity (Wildman–Crippen MR) is 86.3 cm³/mol. The molecule has 0 aliphatic carbocycles. The number of aryl methyl sites for hydroxylation is 1. The molecule has 1 amide bonds. The van der Waals surface area contributed by atoms with E-state index in [2.05, 4.69) is 21.2 Å². The van der Waals surface area contributed by atoms with Gasteiger partial charge in [0.05, 0.1) is 4.88 Å². The van der Waals surface area contributed by atoms with Gasteiger partial charge in [-0.2, -0.15) is 4.37 Å². The summed E-state index contributed by atoms with van der Waals surface area (Å²) in [5.41, 5.74) is 0. The summed E-state index contributed by atoms with van der Waals surface area (Å²) >= 11 is 2.97. The van der Waals surface area contributed by atoms with Gasteiger partial charge in [-0.05, 0) is 17.9 Å². The van der Waals surface area contributed by atoms with Gasteiger partial charge in [0.2, 0.25) is 5.13 Å². The number of rotatable bonds is 3. The van der Waals surface area contributed by atoms with Crippen LogP contribution in [0.4, 0.5) is 5.13 Å². The molecule has 1 aliphatic rings. The van der Waals surface area contributed by atoms with Crippen molar-refractivity contribution in [2.45, 2.75) is 19.8 Å². The standard InChI is InChI=1S/C14H18N4OS2/c1-2-12-15-14(21-16-12)18-7-4-6-17(8-9-18)13(19)11-5-3-10-20-11/h3,5,10H,2,4,6-9H2,1H3. The molecular formula is C14H18N4OS2. The lowest BCUT2D eigenvalue weighted by Gasteiger charge is -2.20. The third kappa shape index (κ3) is 3.24. The molecule has 1 fully saturated rings. The van der Waals surface area contributed by atoms with Crippen LogP contribution in [0.25, 0.3) is 0 Å². The lowest BCUT2D eigenvalue weighted by atomic mass is 10.3. The van der Waals surface area contributed by atoms with Gasteiger partial charge in [0.25, 0.3) is 5.91 Å². The molecule has 112 valence electrons. The molecular weight excluding hydrogens is 304 g/mol. The molecule has 0 saturated carbocycles. The Bertz CT molecular complexity index is 596. The van der Waals surface area contributed by atoms with Crippen molar-refractivity contribution in [3.63, 3.8) is 0 Å². The maximum absolute atomic E-state index is 12.4. The summed E-state index contributed by atoms with van der Waals surface area (Å²) in [6, 6.07) is 3.82. The molecule has 21 heavy (non-hydrogen) atoms. The number of thiophene rings is 1. The Kier molecular flexibility index (Phi) is 4.50. The second-order valence-corrected chi connectivity index (χ2v) is 6.63. The average molecular weight is 322 g/mol. The highest BCUT2D eigenvalue weighted by atomic mass is 32.1. The zero-order valence-corrected chi connectivity index (χ0v) is 13.6. The lowest BCUT2D eigenvalue weighted by molar-refractivity contribution is 0.0772. The lowest BCUT2D eigenvalue weighted by Crippen LogP contribution is -2.34. The van der Waals surface area contributed by atoms with E-state index in [-0.39, 0.29) is 5.91 Å². The highest BCUT2D eigenvalue weighted by molar-refractivity contribution is 7.12. The van der Waals surface area contributed by atoms with Crippen LogP contribution in [0.3, 0.4) is 0 Å². The van der Waals surface area contributed by atoms with Gasteiger partial charge in [0.15, 0.2) is 0 Å². The van der Waals surface area contributed by atoms with Crippen molar-refractivity contribution in [3.05, 3.63) is 28.2 Å². The summed E-state index contributed by atoms with van der Waals surface area (Å²) in [6.07, 6.45) is 1.84. The maximum atomic E-state index is 12.4. The maximum Gasteiger partial charge on any atom is 0.263 e. The Morgan fingerprint density at radius 1 is 1.33 bits per heavy atom. The number of hydrogen-bond acceptors (Lipinski definition) is 6. The van der Waals surface area contributed by atoms with Gasteiger partial charge in [-0.3, -0.25) is 4.79 Å². The van der Waals surface area contributed by atoms with E-state index in [4.69, 9.17) is 0 Å². The second kappa shape index (κ2) is 6.53. The van der Waals surface area contributed by atoms with E-state index >= 15 is 0 Å². The highest BCUT2D eigenvalue weighted by Crippen LogP contribution is 2.20. The summed E-state index contributed by atoms with van der Waals surface area (Å²) in [5, 5.41) is 2.93. The Morgan fingerprint density at radius 2 is 2.24 bits per heavy atom. The van der Waals surface area contributed by atoms with Crippen molar-refractivity contribution in [2.24, 2.45) is 0 Å². The van der Waals surface area contributed by atoms with Gasteiger partial charge in [0, 0.05) is 44.1 Å². The van der Waals surface area contributed by atoms with Crippen molar-refractivity contribution in [2.75, 3.05) is 31.1 Å². The van der Waals surface area contributed by atoms with Gasteiger partial charge in [-0.15, -0.1) is 11.3 Å². The normalized spacial score (nSPS) is 16.0. The highest BCUT2D eigenvalue weighted by Gasteiger charge is 2.22. The molecule has 3 heterocycles. The zero-order chi connectivity index (χ0) is 14.7. The summed E-state index contributed by atoms with van der Waals surface area (Å²) in [7, 11) is 0. The van der Waals surface area contributed by atoms with Crippen LogP contribution in [-0.4, -0.2) is 46.3 Å². The molecule has 7 heteroatoms. The quantitative estimate of drug-likeness (QED) is 0.871. The largest absolute Gasteiger partial charge is 0.345 e. The molecule has 2 aromatic rings. The van der Waals surface area contributed by atoms with Crippen molar-refractivity contribution in [3.8, 4) is 0 Å². The number of anilines is 1. The molecule has 3 rings (SSSR count). The molecule has 5 nitrogen and oxygen atoms in total. The van der Waals surface area contributed by atoms with Crippen LogP contribution in [0, 0.1) is 0 Å². The van der Waals surface area contributed by atoms with Crippen LogP contribution in [0.15, 0.2) is 17.5 Å². The van der Waals surface area contributed by atoms with E-state index in [0.717, 1.165) is 54.9 Å². The summed E-state index contributed by atoms with van der Waals surface area (Å²) in [4.78, 5) is 22.0. The smallest absolute Gasteiger partial charge is 0.263 e. The van der Waals surface area contributed by atoms with Crippen LogP contribution >= 0.6 is 22.9 Å². The minimum Gasteiger partial charge on any atom is -0.345 e. The summed E-state index contributed by atoms with van der Waals surface area (Å²) < 4.78 is 4.35. The molecule has 0 atom stereocenters. The molecule has 0 spiro atoms. The number of amides is 1. The van der Waals surface area contributed by atoms with Crippen molar-refractivity contribution in [1.29, 1.82) is 0 Å². The minimum atomic E-state index is 0.151. The van der Waals surface area contributed by atoms with E-state index in [1.54, 1.807) is 0 Å². The average Bonchev–Trinajstić information content (AvgIpc) is 3.14. The number of nitrogens with zero attached hydrogens (tertiary/aromatic N) is 4. The Balaban J connectivity index is 1.65. The van der Waals surface area contributed by atoms with Crippen LogP contribution < -0.4 is 4.90 Å². The Morgan fingerprint density at radius 3 is 2.95 bits per heavy atom. The van der Waals surface area contributed by atoms with Crippen molar-refractivity contribution < 1.29 is 4.79 Å². The van der Waals surface area contributed by atoms with Gasteiger partial charge in [-0.25, -0.2) is 4.98 Å². The first-order valence-corrected chi connectivity index (χ1v) is 8.83. The van der Waals surface area contributed by atoms with E-state index in [9.17, 15) is 4.79 Å². The monoisotopic (exact) mass is 322 g/mol. The third-order valence-electron chi connectivity index (χ3n) is 3.56. The van der Waals surface area contributed by atoms with Crippen LogP contribution in [-0.2, 0) is 6.42 Å². The Hall–Kier alpha value is -1.47. The van der Waals surface area contributed by atoms with Crippen molar-refractivity contribution in [1.82, 2.24) is 14.3 Å². The van der Waals surface area contributed by atoms with E-state index in [1.807, 2.05) is 22.4 Å². The number of aromatic nitrogens is 2. The molecule has 0 bridgehead atoms. The molecule has 0 unspecified atom stereocenters. The second-order valence-electron chi connectivity index (χ2n) is 4.96. The fraction of sp³-hybridized carbons (Fsp3) is 0.500. The van der Waals surface area contributed by atoms with Gasteiger partial charge >= 0.3 is 0 Å². The molecule has 0 radical (unpaired) electrons. The first-order chi connectivity index (χ1) is 10.3. The third-order valence-corrected chi connectivity index (χ3v) is 5.23. The van der Waals surface area contributed by atoms with E-state index < -0.39 is 0 Å². The number of carbonyl (C=O) groups is 1. The Labute approximate surface area is 132 Å². The topological polar surface area (TPSA) is 49.3 Å². The molecule has 0 aromatic carbocycles. The van der Waals surface area contributed by atoms with Crippen LogP contribution in [0.5, 0.6) is 0 Å². The SMILES string of the molecule is CCc1nsc(N2CCCN(C(=O)c3cccs3)CC2)n1. The van der Waals surface area contributed by atoms with Gasteiger partial charge in [-0.1, -0.05) is 13.0 Å². The molecule has 0 N–H and O–H groups in total.